The summed E-state index contributed by atoms with van der Waals surface area (Å²) in [5.74, 6) is 0.641. The number of ether oxygens (including phenoxy) is 1. The van der Waals surface area contributed by atoms with Crippen LogP contribution in [0.3, 0.4) is 0 Å². The molecule has 1 aromatic carbocycles. The number of aromatic nitrogens is 2. The first kappa shape index (κ1) is 19.8. The zero-order chi connectivity index (χ0) is 21.2. The van der Waals surface area contributed by atoms with Gasteiger partial charge in [-0.15, -0.1) is 11.3 Å². The maximum Gasteiger partial charge on any atom is 0.275 e. The van der Waals surface area contributed by atoms with Gasteiger partial charge in [-0.25, -0.2) is 4.98 Å². The second-order valence-corrected chi connectivity index (χ2v) is 8.43. The van der Waals surface area contributed by atoms with Gasteiger partial charge in [0.1, 0.15) is 11.4 Å². The summed E-state index contributed by atoms with van der Waals surface area (Å²) >= 11 is 1.49. The number of carbonyl (C=O) groups is 1. The molecule has 2 N–H and O–H groups in total. The molecule has 0 saturated carbocycles. The average Bonchev–Trinajstić information content (AvgIpc) is 3.47. The number of pyridine rings is 1. The van der Waals surface area contributed by atoms with Crippen molar-refractivity contribution in [1.82, 2.24) is 15.3 Å². The standard InChI is InChI=1S/C22H24N6O2S/c1-30-17-3-2-15-12-28(13-16(15)10-17)22-26-19(14-31-22)21(29)25-18-11-24-5-4-20(18)27-8-6-23-7-9-27/h2-5,10-11,14,23H,6-9,12-13H2,1H3,(H,25,29). The summed E-state index contributed by atoms with van der Waals surface area (Å²) in [6, 6.07) is 8.09. The van der Waals surface area contributed by atoms with Crippen LogP contribution in [0.15, 0.2) is 42.0 Å². The van der Waals surface area contributed by atoms with Crippen LogP contribution in [0.1, 0.15) is 21.6 Å². The first-order valence-electron chi connectivity index (χ1n) is 10.3. The van der Waals surface area contributed by atoms with Crippen molar-refractivity contribution in [3.05, 3.63) is 58.9 Å². The Balaban J connectivity index is 1.29. The fraction of sp³-hybridized carbons (Fsp3) is 0.318. The van der Waals surface area contributed by atoms with Crippen molar-refractivity contribution in [1.29, 1.82) is 0 Å². The second-order valence-electron chi connectivity index (χ2n) is 7.59. The number of carbonyl (C=O) groups excluding carboxylic acids is 1. The largest absolute Gasteiger partial charge is 0.497 e. The lowest BCUT2D eigenvalue weighted by Gasteiger charge is -2.30. The number of hydrogen-bond acceptors (Lipinski definition) is 8. The predicted molar refractivity (Wildman–Crippen MR) is 122 cm³/mol. The molecule has 5 rings (SSSR count). The lowest BCUT2D eigenvalue weighted by molar-refractivity contribution is 0.102. The van der Waals surface area contributed by atoms with Gasteiger partial charge in [-0.2, -0.15) is 0 Å². The topological polar surface area (TPSA) is 82.6 Å². The SMILES string of the molecule is COc1ccc2c(c1)CN(c1nc(C(=O)Nc3cnccc3N3CCNCC3)cs1)C2. The third-order valence-electron chi connectivity index (χ3n) is 5.64. The maximum absolute atomic E-state index is 12.9. The minimum Gasteiger partial charge on any atom is -0.497 e. The number of benzene rings is 1. The molecule has 2 aromatic heterocycles. The Kier molecular flexibility index (Phi) is 5.44. The van der Waals surface area contributed by atoms with Crippen LogP contribution in [0.25, 0.3) is 0 Å². The Morgan fingerprint density at radius 3 is 2.84 bits per heavy atom. The van der Waals surface area contributed by atoms with Crippen LogP contribution in [0.5, 0.6) is 5.75 Å². The smallest absolute Gasteiger partial charge is 0.275 e. The van der Waals surface area contributed by atoms with Gasteiger partial charge < -0.3 is 25.2 Å². The van der Waals surface area contributed by atoms with Gasteiger partial charge in [-0.1, -0.05) is 6.07 Å². The van der Waals surface area contributed by atoms with Crippen molar-refractivity contribution in [2.75, 3.05) is 48.4 Å². The van der Waals surface area contributed by atoms with Crippen LogP contribution in [-0.4, -0.2) is 49.2 Å². The molecule has 0 radical (unpaired) electrons. The molecule has 0 aliphatic carbocycles. The third kappa shape index (κ3) is 4.06. The summed E-state index contributed by atoms with van der Waals surface area (Å²) < 4.78 is 5.33. The van der Waals surface area contributed by atoms with E-state index in [-0.39, 0.29) is 5.91 Å². The van der Waals surface area contributed by atoms with Gasteiger partial charge in [0.25, 0.3) is 5.91 Å². The van der Waals surface area contributed by atoms with Crippen LogP contribution in [-0.2, 0) is 13.1 Å². The van der Waals surface area contributed by atoms with Gasteiger partial charge >= 0.3 is 0 Å². The molecule has 2 aliphatic heterocycles. The molecule has 1 amide bonds. The number of nitrogens with one attached hydrogen (secondary N) is 2. The van der Waals surface area contributed by atoms with E-state index in [0.29, 0.717) is 11.4 Å². The Morgan fingerprint density at radius 1 is 1.16 bits per heavy atom. The highest BCUT2D eigenvalue weighted by Crippen LogP contribution is 2.33. The monoisotopic (exact) mass is 436 g/mol. The summed E-state index contributed by atoms with van der Waals surface area (Å²) in [5.41, 5.74) is 4.62. The molecule has 0 atom stereocenters. The van der Waals surface area contributed by atoms with Gasteiger partial charge in [-0.05, 0) is 29.3 Å². The molecule has 2 aliphatic rings. The highest BCUT2D eigenvalue weighted by molar-refractivity contribution is 7.13. The highest BCUT2D eigenvalue weighted by Gasteiger charge is 2.24. The van der Waals surface area contributed by atoms with Gasteiger partial charge in [0.2, 0.25) is 0 Å². The van der Waals surface area contributed by atoms with Crippen molar-refractivity contribution in [2.24, 2.45) is 0 Å². The summed E-state index contributed by atoms with van der Waals surface area (Å²) in [6.45, 7) is 5.19. The Hall–Kier alpha value is -3.17. The van der Waals surface area contributed by atoms with E-state index in [0.717, 1.165) is 55.8 Å². The first-order valence-corrected chi connectivity index (χ1v) is 11.2. The molecule has 0 unspecified atom stereocenters. The van der Waals surface area contributed by atoms with Crippen molar-refractivity contribution in [2.45, 2.75) is 13.1 Å². The molecule has 8 nitrogen and oxygen atoms in total. The van der Waals surface area contributed by atoms with E-state index in [4.69, 9.17) is 4.74 Å². The van der Waals surface area contributed by atoms with E-state index < -0.39 is 0 Å². The normalized spacial score (nSPS) is 15.6. The maximum atomic E-state index is 12.9. The van der Waals surface area contributed by atoms with Crippen molar-refractivity contribution in [3.63, 3.8) is 0 Å². The van der Waals surface area contributed by atoms with Crippen molar-refractivity contribution in [3.8, 4) is 5.75 Å². The molecule has 0 spiro atoms. The molecule has 1 fully saturated rings. The van der Waals surface area contributed by atoms with Crippen molar-refractivity contribution < 1.29 is 9.53 Å². The van der Waals surface area contributed by atoms with Gasteiger partial charge in [0.05, 0.1) is 24.7 Å². The summed E-state index contributed by atoms with van der Waals surface area (Å²) in [6.07, 6.45) is 3.46. The predicted octanol–water partition coefficient (Wildman–Crippen LogP) is 2.73. The number of methoxy groups -OCH3 is 1. The minimum absolute atomic E-state index is 0.217. The summed E-state index contributed by atoms with van der Waals surface area (Å²) in [4.78, 5) is 26.2. The van der Waals surface area contributed by atoms with E-state index in [1.54, 1.807) is 19.5 Å². The lowest BCUT2D eigenvalue weighted by Crippen LogP contribution is -2.43. The molecule has 31 heavy (non-hydrogen) atoms. The average molecular weight is 437 g/mol. The zero-order valence-electron chi connectivity index (χ0n) is 17.3. The summed E-state index contributed by atoms with van der Waals surface area (Å²) in [5, 5.41) is 9.01. The van der Waals surface area contributed by atoms with Gasteiger partial charge in [0.15, 0.2) is 5.13 Å². The Labute approximate surface area is 184 Å². The number of nitrogens with zero attached hydrogens (tertiary/aromatic N) is 4. The Bertz CT molecular complexity index is 1100. The number of hydrogen-bond donors (Lipinski definition) is 2. The van der Waals surface area contributed by atoms with Crippen LogP contribution in [0.2, 0.25) is 0 Å². The minimum atomic E-state index is -0.217. The van der Waals surface area contributed by atoms with E-state index in [9.17, 15) is 4.79 Å². The molecule has 0 bridgehead atoms. The Morgan fingerprint density at radius 2 is 2.00 bits per heavy atom. The highest BCUT2D eigenvalue weighted by atomic mass is 32.1. The molecule has 160 valence electrons. The van der Waals surface area contributed by atoms with E-state index in [1.807, 2.05) is 17.5 Å². The van der Waals surface area contributed by atoms with Crippen LogP contribution >= 0.6 is 11.3 Å². The number of amides is 1. The second kappa shape index (κ2) is 8.52. The van der Waals surface area contributed by atoms with Crippen LogP contribution in [0.4, 0.5) is 16.5 Å². The molecular weight excluding hydrogens is 412 g/mol. The van der Waals surface area contributed by atoms with E-state index >= 15 is 0 Å². The number of thiazole rings is 1. The van der Waals surface area contributed by atoms with E-state index in [2.05, 4.69) is 42.5 Å². The number of anilines is 3. The molecular formula is C22H24N6O2S. The lowest BCUT2D eigenvalue weighted by atomic mass is 10.1. The van der Waals surface area contributed by atoms with Crippen molar-refractivity contribution >= 4 is 33.8 Å². The molecule has 4 heterocycles. The van der Waals surface area contributed by atoms with Crippen LogP contribution < -0.4 is 25.2 Å². The first-order chi connectivity index (χ1) is 15.2. The third-order valence-corrected chi connectivity index (χ3v) is 6.54. The number of fused-ring (bicyclic) bond motifs is 1. The fourth-order valence-electron chi connectivity index (χ4n) is 4.00. The van der Waals surface area contributed by atoms with Crippen LogP contribution in [0, 0.1) is 0 Å². The molecule has 1 saturated heterocycles. The fourth-order valence-corrected chi connectivity index (χ4v) is 4.80. The molecule has 9 heteroatoms. The van der Waals surface area contributed by atoms with Gasteiger partial charge in [0, 0.05) is 50.8 Å². The summed E-state index contributed by atoms with van der Waals surface area (Å²) in [7, 11) is 1.68. The number of rotatable bonds is 5. The van der Waals surface area contributed by atoms with E-state index in [1.165, 1.54) is 22.5 Å². The zero-order valence-corrected chi connectivity index (χ0v) is 18.1. The van der Waals surface area contributed by atoms with Gasteiger partial charge in [-0.3, -0.25) is 9.78 Å². The quantitative estimate of drug-likeness (QED) is 0.636. The molecule has 3 aromatic rings. The number of piperazine rings is 1.